The van der Waals surface area contributed by atoms with Crippen molar-refractivity contribution in [1.29, 1.82) is 0 Å². The van der Waals surface area contributed by atoms with E-state index in [0.717, 1.165) is 23.8 Å². The predicted molar refractivity (Wildman–Crippen MR) is 118 cm³/mol. The van der Waals surface area contributed by atoms with Crippen LogP contribution in [0.3, 0.4) is 0 Å². The lowest BCUT2D eigenvalue weighted by Crippen LogP contribution is -2.36. The number of halogens is 1. The van der Waals surface area contributed by atoms with Crippen LogP contribution in [0.1, 0.15) is 21.9 Å². The molecule has 0 spiro atoms. The van der Waals surface area contributed by atoms with E-state index in [-0.39, 0.29) is 24.0 Å². The first-order valence-corrected chi connectivity index (χ1v) is 9.03. The Morgan fingerprint density at radius 2 is 1.85 bits per heavy atom. The van der Waals surface area contributed by atoms with Gasteiger partial charge in [-0.25, -0.2) is 4.98 Å². The maximum absolute atomic E-state index is 5.82. The average molecular weight is 482 g/mol. The zero-order chi connectivity index (χ0) is 17.6. The number of nitrogens with zero attached hydrogens (tertiary/aromatic N) is 2. The Morgan fingerprint density at radius 3 is 2.50 bits per heavy atom. The SMILES string of the molecule is CN=C(NCc1ncc(-c2ccc(C)cc2)o1)NCc1sccc1C.I. The Morgan fingerprint density at radius 1 is 1.12 bits per heavy atom. The van der Waals surface area contributed by atoms with Gasteiger partial charge in [-0.3, -0.25) is 4.99 Å². The fraction of sp³-hybridized carbons (Fsp3) is 0.263. The molecule has 138 valence electrons. The fourth-order valence-corrected chi connectivity index (χ4v) is 3.22. The second kappa shape index (κ2) is 9.72. The van der Waals surface area contributed by atoms with Gasteiger partial charge in [0.05, 0.1) is 19.3 Å². The van der Waals surface area contributed by atoms with Gasteiger partial charge in [-0.15, -0.1) is 35.3 Å². The summed E-state index contributed by atoms with van der Waals surface area (Å²) in [5.74, 6) is 2.13. The summed E-state index contributed by atoms with van der Waals surface area (Å²) < 4.78 is 5.82. The average Bonchev–Trinajstić information content (AvgIpc) is 3.25. The van der Waals surface area contributed by atoms with Crippen molar-refractivity contribution in [2.75, 3.05) is 7.05 Å². The Labute approximate surface area is 175 Å². The first-order chi connectivity index (χ1) is 12.2. The molecule has 3 aromatic rings. The molecule has 26 heavy (non-hydrogen) atoms. The maximum atomic E-state index is 5.82. The van der Waals surface area contributed by atoms with Gasteiger partial charge >= 0.3 is 0 Å². The number of hydrogen-bond acceptors (Lipinski definition) is 4. The number of benzene rings is 1. The molecule has 0 aliphatic heterocycles. The van der Waals surface area contributed by atoms with Crippen LogP contribution in [0.15, 0.2) is 51.3 Å². The first-order valence-electron chi connectivity index (χ1n) is 8.15. The first kappa shape index (κ1) is 20.4. The molecule has 0 fully saturated rings. The second-order valence-electron chi connectivity index (χ2n) is 5.79. The van der Waals surface area contributed by atoms with Crippen molar-refractivity contribution < 1.29 is 4.42 Å². The summed E-state index contributed by atoms with van der Waals surface area (Å²) in [6, 6.07) is 10.3. The van der Waals surface area contributed by atoms with Crippen LogP contribution < -0.4 is 10.6 Å². The minimum absolute atomic E-state index is 0. The maximum Gasteiger partial charge on any atom is 0.214 e. The molecule has 2 heterocycles. The molecule has 0 unspecified atom stereocenters. The topological polar surface area (TPSA) is 62.5 Å². The molecule has 0 saturated heterocycles. The van der Waals surface area contributed by atoms with Crippen LogP contribution in [-0.4, -0.2) is 18.0 Å². The van der Waals surface area contributed by atoms with Crippen LogP contribution >= 0.6 is 35.3 Å². The summed E-state index contributed by atoms with van der Waals surface area (Å²) in [6.45, 7) is 5.41. The van der Waals surface area contributed by atoms with Gasteiger partial charge in [0, 0.05) is 17.5 Å². The molecule has 1 aromatic carbocycles. The Hall–Kier alpha value is -1.87. The van der Waals surface area contributed by atoms with Crippen LogP contribution in [0.25, 0.3) is 11.3 Å². The van der Waals surface area contributed by atoms with Gasteiger partial charge in [0.1, 0.15) is 0 Å². The number of aromatic nitrogens is 1. The minimum atomic E-state index is 0. The molecule has 3 rings (SSSR count). The van der Waals surface area contributed by atoms with Gasteiger partial charge < -0.3 is 15.1 Å². The van der Waals surface area contributed by atoms with Gasteiger partial charge in [0.25, 0.3) is 0 Å². The van der Waals surface area contributed by atoms with Crippen molar-refractivity contribution in [1.82, 2.24) is 15.6 Å². The van der Waals surface area contributed by atoms with Crippen molar-refractivity contribution in [2.24, 2.45) is 4.99 Å². The zero-order valence-electron chi connectivity index (χ0n) is 15.1. The summed E-state index contributed by atoms with van der Waals surface area (Å²) in [4.78, 5) is 9.88. The third-order valence-electron chi connectivity index (χ3n) is 3.90. The second-order valence-corrected chi connectivity index (χ2v) is 6.79. The molecule has 0 bridgehead atoms. The van der Waals surface area contributed by atoms with Crippen molar-refractivity contribution in [3.05, 3.63) is 63.8 Å². The summed E-state index contributed by atoms with van der Waals surface area (Å²) in [6.07, 6.45) is 1.76. The third kappa shape index (κ3) is 5.31. The number of aliphatic imine (C=N–C) groups is 1. The highest BCUT2D eigenvalue weighted by Gasteiger charge is 2.08. The molecule has 0 saturated carbocycles. The van der Waals surface area contributed by atoms with Crippen molar-refractivity contribution in [3.63, 3.8) is 0 Å². The molecule has 0 amide bonds. The molecular formula is C19H23IN4OS. The van der Waals surface area contributed by atoms with Gasteiger partial charge in [-0.1, -0.05) is 29.8 Å². The number of guanidine groups is 1. The van der Waals surface area contributed by atoms with E-state index in [1.165, 1.54) is 16.0 Å². The van der Waals surface area contributed by atoms with E-state index in [9.17, 15) is 0 Å². The molecule has 0 aliphatic carbocycles. The standard InChI is InChI=1S/C19H22N4OS.HI/c1-13-4-6-15(7-5-13)16-10-21-18(24-16)12-23-19(20-3)22-11-17-14(2)8-9-25-17;/h4-10H,11-12H2,1-3H3,(H2,20,22,23);1H. The van der Waals surface area contributed by atoms with E-state index < -0.39 is 0 Å². The van der Waals surface area contributed by atoms with Crippen LogP contribution in [0.2, 0.25) is 0 Å². The number of oxazole rings is 1. The minimum Gasteiger partial charge on any atom is -0.439 e. The fourth-order valence-electron chi connectivity index (χ4n) is 2.37. The lowest BCUT2D eigenvalue weighted by molar-refractivity contribution is 0.497. The van der Waals surface area contributed by atoms with Crippen molar-refractivity contribution >= 4 is 41.3 Å². The molecule has 2 aromatic heterocycles. The Bertz CT molecular complexity index is 855. The third-order valence-corrected chi connectivity index (χ3v) is 4.93. The monoisotopic (exact) mass is 482 g/mol. The normalized spacial score (nSPS) is 11.1. The smallest absolute Gasteiger partial charge is 0.214 e. The summed E-state index contributed by atoms with van der Waals surface area (Å²) in [5.41, 5.74) is 3.55. The van der Waals surface area contributed by atoms with E-state index in [4.69, 9.17) is 4.42 Å². The van der Waals surface area contributed by atoms with Crippen LogP contribution in [0, 0.1) is 13.8 Å². The largest absolute Gasteiger partial charge is 0.439 e. The number of aryl methyl sites for hydroxylation is 2. The number of hydrogen-bond donors (Lipinski definition) is 2. The summed E-state index contributed by atoms with van der Waals surface area (Å²) >= 11 is 1.74. The van der Waals surface area contributed by atoms with E-state index in [1.807, 2.05) is 12.1 Å². The number of thiophene rings is 1. The van der Waals surface area contributed by atoms with E-state index in [0.29, 0.717) is 12.4 Å². The van der Waals surface area contributed by atoms with Crippen LogP contribution in [0.4, 0.5) is 0 Å². The highest BCUT2D eigenvalue weighted by molar-refractivity contribution is 14.0. The van der Waals surface area contributed by atoms with Gasteiger partial charge in [-0.2, -0.15) is 0 Å². The molecule has 5 nitrogen and oxygen atoms in total. The molecule has 7 heteroatoms. The number of rotatable bonds is 5. The predicted octanol–water partition coefficient (Wildman–Crippen LogP) is 4.50. The zero-order valence-corrected chi connectivity index (χ0v) is 18.2. The van der Waals surface area contributed by atoms with Gasteiger partial charge in [0.2, 0.25) is 5.89 Å². The lowest BCUT2D eigenvalue weighted by Gasteiger charge is -2.10. The van der Waals surface area contributed by atoms with Crippen LogP contribution in [-0.2, 0) is 13.1 Å². The highest BCUT2D eigenvalue weighted by atomic mass is 127. The van der Waals surface area contributed by atoms with Crippen LogP contribution in [0.5, 0.6) is 0 Å². The van der Waals surface area contributed by atoms with Crippen molar-refractivity contribution in [3.8, 4) is 11.3 Å². The van der Waals surface area contributed by atoms with Crippen molar-refractivity contribution in [2.45, 2.75) is 26.9 Å². The molecule has 0 atom stereocenters. The molecule has 0 radical (unpaired) electrons. The van der Waals surface area contributed by atoms with E-state index in [2.05, 4.69) is 58.0 Å². The molecule has 0 aliphatic rings. The summed E-state index contributed by atoms with van der Waals surface area (Å²) in [5, 5.41) is 8.64. The Balaban J connectivity index is 0.00000243. The van der Waals surface area contributed by atoms with E-state index in [1.54, 1.807) is 24.6 Å². The lowest BCUT2D eigenvalue weighted by atomic mass is 10.1. The molecular weight excluding hydrogens is 459 g/mol. The highest BCUT2D eigenvalue weighted by Crippen LogP contribution is 2.20. The quantitative estimate of drug-likeness (QED) is 0.319. The number of nitrogens with one attached hydrogen (secondary N) is 2. The molecule has 2 N–H and O–H groups in total. The summed E-state index contributed by atoms with van der Waals surface area (Å²) in [7, 11) is 1.75. The van der Waals surface area contributed by atoms with Gasteiger partial charge in [0.15, 0.2) is 11.7 Å². The van der Waals surface area contributed by atoms with E-state index >= 15 is 0 Å². The van der Waals surface area contributed by atoms with Gasteiger partial charge in [-0.05, 0) is 30.9 Å². The Kier molecular flexibility index (Phi) is 7.65.